The molecule has 1 heterocycles. The molecule has 0 aliphatic carbocycles. The second-order valence-electron chi connectivity index (χ2n) is 7.27. The monoisotopic (exact) mass is 422 g/mol. The van der Waals surface area contributed by atoms with Crippen LogP contribution in [-0.2, 0) is 0 Å². The van der Waals surface area contributed by atoms with Gasteiger partial charge in [-0.2, -0.15) is 0 Å². The Balaban J connectivity index is 1.83. The number of rotatable bonds is 2. The van der Waals surface area contributed by atoms with Crippen LogP contribution >= 0.6 is 23.4 Å². The van der Waals surface area contributed by atoms with Gasteiger partial charge in [-0.05, 0) is 73.5 Å². The van der Waals surface area contributed by atoms with Gasteiger partial charge in [-0.25, -0.2) is 0 Å². The van der Waals surface area contributed by atoms with Gasteiger partial charge in [0, 0.05) is 9.93 Å². The summed E-state index contributed by atoms with van der Waals surface area (Å²) >= 11 is 8.15. The standard InChI is InChI=1S/C28H19ClS/c1-19-8-6-7-15-30-28(16-19)27-18-21(29)13-14-25(27)26-17-20-9-2-3-10-22(20)23-11-4-5-12-24(23)26/h2-18H,1H2/b8-6-,15-7-,28-16?. The lowest BCUT2D eigenvalue weighted by Gasteiger charge is -2.17. The molecule has 0 amide bonds. The Kier molecular flexibility index (Phi) is 5.08. The van der Waals surface area contributed by atoms with Crippen LogP contribution in [0.5, 0.6) is 0 Å². The Morgan fingerprint density at radius 1 is 0.700 bits per heavy atom. The number of thioether (sulfide) groups is 1. The zero-order valence-electron chi connectivity index (χ0n) is 16.3. The van der Waals surface area contributed by atoms with Gasteiger partial charge in [-0.15, -0.1) is 0 Å². The summed E-state index contributed by atoms with van der Waals surface area (Å²) in [6.07, 6.45) is 8.20. The molecule has 144 valence electrons. The molecular formula is C28H19ClS. The van der Waals surface area contributed by atoms with E-state index in [-0.39, 0.29) is 0 Å². The van der Waals surface area contributed by atoms with Gasteiger partial charge in [0.25, 0.3) is 0 Å². The van der Waals surface area contributed by atoms with Crippen molar-refractivity contribution in [2.75, 3.05) is 0 Å². The highest BCUT2D eigenvalue weighted by atomic mass is 35.5. The minimum absolute atomic E-state index is 0.729. The van der Waals surface area contributed by atoms with Crippen molar-refractivity contribution in [2.24, 2.45) is 0 Å². The molecule has 0 bridgehead atoms. The van der Waals surface area contributed by atoms with Crippen molar-refractivity contribution in [2.45, 2.75) is 0 Å². The number of halogens is 1. The van der Waals surface area contributed by atoms with Crippen LogP contribution in [0.4, 0.5) is 0 Å². The molecule has 4 aromatic carbocycles. The topological polar surface area (TPSA) is 0 Å². The highest BCUT2D eigenvalue weighted by Gasteiger charge is 2.15. The average molecular weight is 423 g/mol. The highest BCUT2D eigenvalue weighted by Crippen LogP contribution is 2.42. The summed E-state index contributed by atoms with van der Waals surface area (Å²) in [7, 11) is 0. The van der Waals surface area contributed by atoms with Crippen LogP contribution in [0.3, 0.4) is 0 Å². The van der Waals surface area contributed by atoms with Crippen molar-refractivity contribution < 1.29 is 0 Å². The second-order valence-corrected chi connectivity index (χ2v) is 8.65. The van der Waals surface area contributed by atoms with Crippen LogP contribution in [0.25, 0.3) is 37.6 Å². The fraction of sp³-hybridized carbons (Fsp3) is 0. The van der Waals surface area contributed by atoms with Crippen LogP contribution in [0.15, 0.2) is 115 Å². The Morgan fingerprint density at radius 2 is 1.47 bits per heavy atom. The highest BCUT2D eigenvalue weighted by molar-refractivity contribution is 8.10. The predicted molar refractivity (Wildman–Crippen MR) is 135 cm³/mol. The Bertz CT molecular complexity index is 1390. The minimum Gasteiger partial charge on any atom is -0.0974 e. The van der Waals surface area contributed by atoms with Gasteiger partial charge in [0.1, 0.15) is 0 Å². The molecule has 0 N–H and O–H groups in total. The predicted octanol–water partition coefficient (Wildman–Crippen LogP) is 9.03. The Labute approximate surface area is 185 Å². The van der Waals surface area contributed by atoms with E-state index in [0.29, 0.717) is 0 Å². The summed E-state index contributed by atoms with van der Waals surface area (Å²) in [5.74, 6) is 0. The van der Waals surface area contributed by atoms with Gasteiger partial charge in [0.15, 0.2) is 0 Å². The summed E-state index contributed by atoms with van der Waals surface area (Å²) in [6, 6.07) is 25.7. The van der Waals surface area contributed by atoms with Crippen molar-refractivity contribution in [3.8, 4) is 11.1 Å². The first-order valence-electron chi connectivity index (χ1n) is 9.82. The maximum absolute atomic E-state index is 6.46. The molecule has 1 aliphatic heterocycles. The van der Waals surface area contributed by atoms with Gasteiger partial charge >= 0.3 is 0 Å². The van der Waals surface area contributed by atoms with E-state index in [9.17, 15) is 0 Å². The minimum atomic E-state index is 0.729. The number of hydrogen-bond donors (Lipinski definition) is 0. The number of hydrogen-bond acceptors (Lipinski definition) is 1. The summed E-state index contributed by atoms with van der Waals surface area (Å²) in [5.41, 5.74) is 4.47. The van der Waals surface area contributed by atoms with Crippen molar-refractivity contribution in [1.29, 1.82) is 0 Å². The lowest BCUT2D eigenvalue weighted by molar-refractivity contribution is 1.61. The largest absolute Gasteiger partial charge is 0.0974 e. The van der Waals surface area contributed by atoms with Crippen molar-refractivity contribution in [3.63, 3.8) is 0 Å². The zero-order chi connectivity index (χ0) is 20.5. The molecule has 0 radical (unpaired) electrons. The van der Waals surface area contributed by atoms with E-state index >= 15 is 0 Å². The maximum Gasteiger partial charge on any atom is 0.0412 e. The molecule has 2 heteroatoms. The summed E-state index contributed by atoms with van der Waals surface area (Å²) in [5, 5.41) is 7.83. The van der Waals surface area contributed by atoms with Crippen molar-refractivity contribution >= 4 is 49.8 Å². The SMILES string of the molecule is C=C1C=C(c2cc(Cl)ccc2-c2cc3ccccc3c3ccccc23)S/C=C\C=C/1. The lowest BCUT2D eigenvalue weighted by Crippen LogP contribution is -1.91. The third-order valence-corrected chi connectivity index (χ3v) is 6.44. The molecule has 0 saturated carbocycles. The molecule has 0 saturated heterocycles. The fourth-order valence-electron chi connectivity index (χ4n) is 3.96. The van der Waals surface area contributed by atoms with E-state index < -0.39 is 0 Å². The van der Waals surface area contributed by atoms with E-state index in [1.165, 1.54) is 32.7 Å². The molecule has 0 atom stereocenters. The molecule has 0 unspecified atom stereocenters. The summed E-state index contributed by atoms with van der Waals surface area (Å²) in [4.78, 5) is 1.13. The number of fused-ring (bicyclic) bond motifs is 3. The van der Waals surface area contributed by atoms with Crippen LogP contribution in [0, 0.1) is 0 Å². The van der Waals surface area contributed by atoms with Gasteiger partial charge in [0.05, 0.1) is 0 Å². The van der Waals surface area contributed by atoms with E-state index in [2.05, 4.69) is 84.8 Å². The van der Waals surface area contributed by atoms with Crippen LogP contribution < -0.4 is 0 Å². The van der Waals surface area contributed by atoms with Gasteiger partial charge in [-0.1, -0.05) is 103 Å². The van der Waals surface area contributed by atoms with Crippen molar-refractivity contribution in [3.05, 3.63) is 125 Å². The molecule has 0 nitrogen and oxygen atoms in total. The van der Waals surface area contributed by atoms with Crippen LogP contribution in [0.2, 0.25) is 5.02 Å². The normalized spacial score (nSPS) is 16.2. The lowest BCUT2D eigenvalue weighted by atomic mass is 9.90. The maximum atomic E-state index is 6.46. The first-order chi connectivity index (χ1) is 14.7. The third kappa shape index (κ3) is 3.52. The average Bonchev–Trinajstić information content (AvgIpc) is 2.76. The van der Waals surface area contributed by atoms with Gasteiger partial charge in [-0.3, -0.25) is 0 Å². The molecule has 1 aliphatic rings. The van der Waals surface area contributed by atoms with Gasteiger partial charge < -0.3 is 0 Å². The van der Waals surface area contributed by atoms with Crippen LogP contribution in [-0.4, -0.2) is 0 Å². The molecule has 0 spiro atoms. The molecule has 4 aromatic rings. The molecule has 0 aromatic heterocycles. The molecule has 0 fully saturated rings. The summed E-state index contributed by atoms with van der Waals surface area (Å²) in [6.45, 7) is 4.16. The fourth-order valence-corrected chi connectivity index (χ4v) is 4.96. The third-order valence-electron chi connectivity index (χ3n) is 5.32. The van der Waals surface area contributed by atoms with Crippen LogP contribution in [0.1, 0.15) is 5.56 Å². The zero-order valence-corrected chi connectivity index (χ0v) is 17.9. The Morgan fingerprint density at radius 3 is 2.33 bits per heavy atom. The van der Waals surface area contributed by atoms with E-state index in [4.69, 9.17) is 11.6 Å². The molecular weight excluding hydrogens is 404 g/mol. The second kappa shape index (κ2) is 8.02. The Hall–Kier alpha value is -3.00. The van der Waals surface area contributed by atoms with E-state index in [1.807, 2.05) is 24.3 Å². The van der Waals surface area contributed by atoms with E-state index in [1.54, 1.807) is 11.8 Å². The number of allylic oxidation sites excluding steroid dienone is 5. The molecule has 5 rings (SSSR count). The molecule has 30 heavy (non-hydrogen) atoms. The van der Waals surface area contributed by atoms with E-state index in [0.717, 1.165) is 21.1 Å². The first-order valence-corrected chi connectivity index (χ1v) is 11.1. The summed E-state index contributed by atoms with van der Waals surface area (Å²) < 4.78 is 0. The first kappa shape index (κ1) is 19.0. The quantitative estimate of drug-likeness (QED) is 0.290. The van der Waals surface area contributed by atoms with Crippen molar-refractivity contribution in [1.82, 2.24) is 0 Å². The smallest absolute Gasteiger partial charge is 0.0412 e. The number of benzene rings is 4. The van der Waals surface area contributed by atoms with Gasteiger partial charge in [0.2, 0.25) is 0 Å².